The van der Waals surface area contributed by atoms with Gasteiger partial charge in [-0.15, -0.1) is 0 Å². The number of amides is 1. The summed E-state index contributed by atoms with van der Waals surface area (Å²) in [5.74, 6) is 0.0472. The molecule has 0 bridgehead atoms. The maximum Gasteiger partial charge on any atom is 0.300 e. The van der Waals surface area contributed by atoms with Crippen LogP contribution in [0.4, 0.5) is 11.5 Å². The Balaban J connectivity index is 2.34. The largest absolute Gasteiger partial charge is 0.375 e. The van der Waals surface area contributed by atoms with Gasteiger partial charge in [-0.1, -0.05) is 0 Å². The second-order valence-corrected chi connectivity index (χ2v) is 4.53. The lowest BCUT2D eigenvalue weighted by Crippen LogP contribution is -2.44. The molecule has 108 valence electrons. The van der Waals surface area contributed by atoms with Crippen molar-refractivity contribution in [2.75, 3.05) is 32.1 Å². The topological polar surface area (TPSA) is 97.6 Å². The lowest BCUT2D eigenvalue weighted by atomic mass is 10.1. The molecular formula is C12H16N4O4. The number of aromatic nitrogens is 1. The molecule has 8 heteroatoms. The molecule has 1 aromatic rings. The zero-order valence-electron chi connectivity index (χ0n) is 11.3. The summed E-state index contributed by atoms with van der Waals surface area (Å²) in [6, 6.07) is 1.40. The number of ether oxygens (including phenoxy) is 1. The summed E-state index contributed by atoms with van der Waals surface area (Å²) in [7, 11) is 1.64. The van der Waals surface area contributed by atoms with Gasteiger partial charge in [0, 0.05) is 26.2 Å². The van der Waals surface area contributed by atoms with Crippen molar-refractivity contribution in [3.63, 3.8) is 0 Å². The highest BCUT2D eigenvalue weighted by Gasteiger charge is 2.28. The molecule has 0 radical (unpaired) electrons. The maximum atomic E-state index is 12.4. The maximum absolute atomic E-state index is 12.4. The van der Waals surface area contributed by atoms with E-state index in [0.717, 1.165) is 6.20 Å². The average Bonchev–Trinajstić information content (AvgIpc) is 2.45. The van der Waals surface area contributed by atoms with Crippen LogP contribution in [0.15, 0.2) is 12.3 Å². The Morgan fingerprint density at radius 3 is 3.00 bits per heavy atom. The molecule has 0 aromatic carbocycles. The fraction of sp³-hybridized carbons (Fsp3) is 0.500. The van der Waals surface area contributed by atoms with E-state index in [1.165, 1.54) is 6.07 Å². The van der Waals surface area contributed by atoms with E-state index in [2.05, 4.69) is 10.3 Å². The first-order valence-electron chi connectivity index (χ1n) is 6.26. The number of carbonyl (C=O) groups is 1. The lowest BCUT2D eigenvalue weighted by molar-refractivity contribution is -0.385. The number of nitro groups is 1. The van der Waals surface area contributed by atoms with Gasteiger partial charge in [0.2, 0.25) is 0 Å². The second kappa shape index (κ2) is 5.83. The summed E-state index contributed by atoms with van der Waals surface area (Å²) in [6.07, 6.45) is 1.03. The molecule has 20 heavy (non-hydrogen) atoms. The Morgan fingerprint density at radius 2 is 2.40 bits per heavy atom. The highest BCUT2D eigenvalue weighted by molar-refractivity contribution is 5.98. The number of hydrogen-bond acceptors (Lipinski definition) is 6. The number of nitrogens with one attached hydrogen (secondary N) is 1. The number of rotatable bonds is 3. The molecule has 1 aliphatic heterocycles. The van der Waals surface area contributed by atoms with Crippen molar-refractivity contribution in [3.8, 4) is 0 Å². The van der Waals surface area contributed by atoms with Gasteiger partial charge < -0.3 is 15.0 Å². The summed E-state index contributed by atoms with van der Waals surface area (Å²) >= 11 is 0. The molecule has 8 nitrogen and oxygen atoms in total. The smallest absolute Gasteiger partial charge is 0.300 e. The van der Waals surface area contributed by atoms with E-state index in [-0.39, 0.29) is 23.3 Å². The fourth-order valence-corrected chi connectivity index (χ4v) is 2.07. The molecule has 2 rings (SSSR count). The number of hydrogen-bond donors (Lipinski definition) is 1. The van der Waals surface area contributed by atoms with Crippen LogP contribution < -0.4 is 5.32 Å². The molecular weight excluding hydrogens is 264 g/mol. The normalized spacial score (nSPS) is 18.7. The van der Waals surface area contributed by atoms with Crippen molar-refractivity contribution in [2.45, 2.75) is 13.0 Å². The van der Waals surface area contributed by atoms with Gasteiger partial charge in [-0.2, -0.15) is 0 Å². The molecule has 1 aliphatic rings. The van der Waals surface area contributed by atoms with E-state index in [1.807, 2.05) is 6.92 Å². The Labute approximate surface area is 115 Å². The molecule has 1 saturated heterocycles. The molecule has 0 aliphatic carbocycles. The summed E-state index contributed by atoms with van der Waals surface area (Å²) in [5.41, 5.74) is -0.239. The standard InChI is InChI=1S/C12H16N4O4/c1-8-7-15(3-4-20-8)12(17)9-5-11(13-2)14-6-10(9)16(18)19/h5-6,8H,3-4,7H2,1-2H3,(H,13,14). The minimum atomic E-state index is -0.594. The highest BCUT2D eigenvalue weighted by atomic mass is 16.6. The first-order chi connectivity index (χ1) is 9.52. The summed E-state index contributed by atoms with van der Waals surface area (Å²) in [5, 5.41) is 13.8. The third kappa shape index (κ3) is 2.85. The SMILES string of the molecule is CNc1cc(C(=O)N2CCOC(C)C2)c([N+](=O)[O-])cn1. The molecule has 0 saturated carbocycles. The third-order valence-corrected chi connectivity index (χ3v) is 3.09. The molecule has 1 N–H and O–H groups in total. The van der Waals surface area contributed by atoms with Crippen molar-refractivity contribution in [2.24, 2.45) is 0 Å². The Bertz CT molecular complexity index is 534. The van der Waals surface area contributed by atoms with Crippen molar-refractivity contribution in [1.82, 2.24) is 9.88 Å². The van der Waals surface area contributed by atoms with Gasteiger partial charge in [-0.05, 0) is 6.92 Å². The molecule has 1 amide bonds. The van der Waals surface area contributed by atoms with E-state index < -0.39 is 4.92 Å². The zero-order valence-corrected chi connectivity index (χ0v) is 11.3. The number of carbonyl (C=O) groups excluding carboxylic acids is 1. The van der Waals surface area contributed by atoms with Crippen LogP contribution in [0.3, 0.4) is 0 Å². The molecule has 0 spiro atoms. The predicted molar refractivity (Wildman–Crippen MR) is 71.8 cm³/mol. The van der Waals surface area contributed by atoms with E-state index in [1.54, 1.807) is 11.9 Å². The lowest BCUT2D eigenvalue weighted by Gasteiger charge is -2.31. The van der Waals surface area contributed by atoms with Gasteiger partial charge in [0.05, 0.1) is 17.6 Å². The first-order valence-corrected chi connectivity index (χ1v) is 6.26. The molecule has 2 heterocycles. The molecule has 1 aromatic heterocycles. The van der Waals surface area contributed by atoms with Crippen LogP contribution >= 0.6 is 0 Å². The Hall–Kier alpha value is -2.22. The minimum absolute atomic E-state index is 0.0449. The van der Waals surface area contributed by atoms with E-state index in [9.17, 15) is 14.9 Å². The number of morpholine rings is 1. The van der Waals surface area contributed by atoms with Gasteiger partial charge in [0.15, 0.2) is 0 Å². The summed E-state index contributed by atoms with van der Waals surface area (Å²) in [6.45, 7) is 3.15. The van der Waals surface area contributed by atoms with E-state index >= 15 is 0 Å². The minimum Gasteiger partial charge on any atom is -0.375 e. The Morgan fingerprint density at radius 1 is 1.65 bits per heavy atom. The van der Waals surface area contributed by atoms with Crippen LogP contribution in [0, 0.1) is 10.1 Å². The Kier molecular flexibility index (Phi) is 4.14. The van der Waals surface area contributed by atoms with E-state index in [0.29, 0.717) is 25.5 Å². The van der Waals surface area contributed by atoms with E-state index in [4.69, 9.17) is 4.74 Å². The highest BCUT2D eigenvalue weighted by Crippen LogP contribution is 2.22. The van der Waals surface area contributed by atoms with Crippen molar-refractivity contribution in [3.05, 3.63) is 27.9 Å². The van der Waals surface area contributed by atoms with Gasteiger partial charge in [0.25, 0.3) is 11.6 Å². The van der Waals surface area contributed by atoms with Gasteiger partial charge in [0.1, 0.15) is 17.6 Å². The van der Waals surface area contributed by atoms with Crippen LogP contribution in [0.25, 0.3) is 0 Å². The first kappa shape index (κ1) is 14.2. The molecule has 1 fully saturated rings. The van der Waals surface area contributed by atoms with Gasteiger partial charge in [-0.3, -0.25) is 14.9 Å². The van der Waals surface area contributed by atoms with Crippen molar-refractivity contribution < 1.29 is 14.5 Å². The third-order valence-electron chi connectivity index (χ3n) is 3.09. The predicted octanol–water partition coefficient (Wildman–Crippen LogP) is 0.892. The molecule has 1 atom stereocenters. The summed E-state index contributed by atoms with van der Waals surface area (Å²) in [4.78, 5) is 28.3. The van der Waals surface area contributed by atoms with Crippen LogP contribution in [0.2, 0.25) is 0 Å². The number of nitrogens with zero attached hydrogens (tertiary/aromatic N) is 3. The van der Waals surface area contributed by atoms with Crippen molar-refractivity contribution >= 4 is 17.4 Å². The van der Waals surface area contributed by atoms with Crippen LogP contribution in [-0.4, -0.2) is 53.6 Å². The van der Waals surface area contributed by atoms with Crippen LogP contribution in [-0.2, 0) is 4.74 Å². The average molecular weight is 280 g/mol. The zero-order chi connectivity index (χ0) is 14.7. The van der Waals surface area contributed by atoms with Gasteiger partial charge >= 0.3 is 0 Å². The monoisotopic (exact) mass is 280 g/mol. The van der Waals surface area contributed by atoms with Crippen molar-refractivity contribution in [1.29, 1.82) is 0 Å². The number of anilines is 1. The fourth-order valence-electron chi connectivity index (χ4n) is 2.07. The number of pyridine rings is 1. The van der Waals surface area contributed by atoms with Gasteiger partial charge in [-0.25, -0.2) is 4.98 Å². The van der Waals surface area contributed by atoms with Crippen LogP contribution in [0.5, 0.6) is 0 Å². The summed E-state index contributed by atoms with van der Waals surface area (Å²) < 4.78 is 5.36. The molecule has 1 unspecified atom stereocenters. The second-order valence-electron chi connectivity index (χ2n) is 4.53. The quantitative estimate of drug-likeness (QED) is 0.652. The van der Waals surface area contributed by atoms with Crippen LogP contribution in [0.1, 0.15) is 17.3 Å².